The summed E-state index contributed by atoms with van der Waals surface area (Å²) in [6, 6.07) is 6.08. The van der Waals surface area contributed by atoms with Gasteiger partial charge in [0.15, 0.2) is 0 Å². The van der Waals surface area contributed by atoms with Crippen LogP contribution in [0.2, 0.25) is 0 Å². The van der Waals surface area contributed by atoms with Crippen LogP contribution in [-0.2, 0) is 10.8 Å². The van der Waals surface area contributed by atoms with E-state index in [0.29, 0.717) is 5.75 Å². The lowest BCUT2D eigenvalue weighted by molar-refractivity contribution is 0.683. The van der Waals surface area contributed by atoms with E-state index in [2.05, 4.69) is 6.07 Å². The molecule has 0 aliphatic carbocycles. The molecule has 0 aliphatic rings. The summed E-state index contributed by atoms with van der Waals surface area (Å²) in [5.41, 5.74) is 2.37. The van der Waals surface area contributed by atoms with Gasteiger partial charge >= 0.3 is 0 Å². The molecule has 0 saturated carbocycles. The van der Waals surface area contributed by atoms with Crippen molar-refractivity contribution in [1.82, 2.24) is 0 Å². The van der Waals surface area contributed by atoms with Crippen molar-refractivity contribution in [3.63, 3.8) is 0 Å². The van der Waals surface area contributed by atoms with Crippen LogP contribution in [0.3, 0.4) is 0 Å². The van der Waals surface area contributed by atoms with Crippen LogP contribution in [0, 0.1) is 13.8 Å². The molecule has 0 aromatic heterocycles. The summed E-state index contributed by atoms with van der Waals surface area (Å²) in [6.07, 6.45) is 0. The predicted octanol–water partition coefficient (Wildman–Crippen LogP) is 2.43. The Kier molecular flexibility index (Phi) is 3.04. The average molecular weight is 182 g/mol. The number of aryl methyl sites for hydroxylation is 2. The van der Waals surface area contributed by atoms with E-state index in [9.17, 15) is 4.21 Å². The fourth-order valence-corrected chi connectivity index (χ4v) is 2.20. The third-order valence-electron chi connectivity index (χ3n) is 1.72. The van der Waals surface area contributed by atoms with Gasteiger partial charge in [0.25, 0.3) is 0 Å². The Hall–Kier alpha value is -0.630. The lowest BCUT2D eigenvalue weighted by Crippen LogP contribution is -1.94. The van der Waals surface area contributed by atoms with Crippen LogP contribution in [0.5, 0.6) is 0 Å². The molecule has 0 amide bonds. The molecule has 0 saturated heterocycles. The maximum atomic E-state index is 11.4. The van der Waals surface area contributed by atoms with E-state index in [4.69, 9.17) is 0 Å². The highest BCUT2D eigenvalue weighted by Crippen LogP contribution is 2.12. The molecule has 12 heavy (non-hydrogen) atoms. The molecule has 1 atom stereocenters. The minimum atomic E-state index is -0.811. The molecule has 1 rings (SSSR count). The second-order valence-corrected chi connectivity index (χ2v) is 4.70. The monoisotopic (exact) mass is 182 g/mol. The van der Waals surface area contributed by atoms with Crippen LogP contribution < -0.4 is 0 Å². The van der Waals surface area contributed by atoms with Gasteiger partial charge in [-0.05, 0) is 37.1 Å². The summed E-state index contributed by atoms with van der Waals surface area (Å²) in [7, 11) is -0.811. The van der Waals surface area contributed by atoms with Crippen molar-refractivity contribution < 1.29 is 4.21 Å². The molecule has 0 bridgehead atoms. The van der Waals surface area contributed by atoms with Gasteiger partial charge in [-0.3, -0.25) is 4.21 Å². The first-order valence-corrected chi connectivity index (χ1v) is 5.42. The van der Waals surface area contributed by atoms with Crippen LogP contribution >= 0.6 is 0 Å². The van der Waals surface area contributed by atoms with Crippen molar-refractivity contribution in [2.24, 2.45) is 0 Å². The summed E-state index contributed by atoms with van der Waals surface area (Å²) in [6.45, 7) is 6.00. The van der Waals surface area contributed by atoms with Crippen molar-refractivity contribution in [3.8, 4) is 0 Å². The van der Waals surface area contributed by atoms with E-state index in [1.54, 1.807) is 0 Å². The first kappa shape index (κ1) is 9.46. The SMILES string of the molecule is CCS(=O)c1cc(C)cc(C)c1. The molecule has 1 aromatic rings. The quantitative estimate of drug-likeness (QED) is 0.686. The van der Waals surface area contributed by atoms with E-state index < -0.39 is 10.8 Å². The fourth-order valence-electron chi connectivity index (χ4n) is 1.23. The Morgan fingerprint density at radius 1 is 1.17 bits per heavy atom. The smallest absolute Gasteiger partial charge is 0.0526 e. The highest BCUT2D eigenvalue weighted by molar-refractivity contribution is 7.85. The number of hydrogen-bond donors (Lipinski definition) is 0. The molecular weight excluding hydrogens is 168 g/mol. The molecule has 1 nitrogen and oxygen atoms in total. The van der Waals surface area contributed by atoms with Crippen molar-refractivity contribution in [2.75, 3.05) is 5.75 Å². The molecule has 1 aromatic carbocycles. The highest BCUT2D eigenvalue weighted by atomic mass is 32.2. The minimum absolute atomic E-state index is 0.697. The van der Waals surface area contributed by atoms with Gasteiger partial charge in [-0.2, -0.15) is 0 Å². The van der Waals surface area contributed by atoms with Gasteiger partial charge in [0.1, 0.15) is 0 Å². The first-order valence-electron chi connectivity index (χ1n) is 4.10. The minimum Gasteiger partial charge on any atom is -0.254 e. The topological polar surface area (TPSA) is 17.1 Å². The van der Waals surface area contributed by atoms with Gasteiger partial charge < -0.3 is 0 Å². The van der Waals surface area contributed by atoms with Gasteiger partial charge in [-0.15, -0.1) is 0 Å². The summed E-state index contributed by atoms with van der Waals surface area (Å²) in [5.74, 6) is 0.697. The van der Waals surface area contributed by atoms with Crippen LogP contribution in [0.15, 0.2) is 23.1 Å². The Bertz CT molecular complexity index is 284. The van der Waals surface area contributed by atoms with Crippen molar-refractivity contribution in [1.29, 1.82) is 0 Å². The molecule has 2 heteroatoms. The summed E-state index contributed by atoms with van der Waals surface area (Å²) in [5, 5.41) is 0. The number of rotatable bonds is 2. The molecule has 66 valence electrons. The van der Waals surface area contributed by atoms with Crippen molar-refractivity contribution in [2.45, 2.75) is 25.7 Å². The maximum absolute atomic E-state index is 11.4. The lowest BCUT2D eigenvalue weighted by atomic mass is 10.2. The first-order chi connectivity index (χ1) is 5.63. The molecular formula is C10H14OS. The van der Waals surface area contributed by atoms with Crippen molar-refractivity contribution >= 4 is 10.8 Å². The summed E-state index contributed by atoms with van der Waals surface area (Å²) in [4.78, 5) is 0.954. The number of benzene rings is 1. The third kappa shape index (κ3) is 2.18. The van der Waals surface area contributed by atoms with E-state index in [1.165, 1.54) is 11.1 Å². The van der Waals surface area contributed by atoms with Gasteiger partial charge in [0, 0.05) is 10.6 Å². The van der Waals surface area contributed by atoms with Crippen LogP contribution in [0.25, 0.3) is 0 Å². The Labute approximate surface area is 76.3 Å². The molecule has 0 radical (unpaired) electrons. The van der Waals surface area contributed by atoms with E-state index in [-0.39, 0.29) is 0 Å². The Morgan fingerprint density at radius 3 is 2.08 bits per heavy atom. The van der Waals surface area contributed by atoms with E-state index >= 15 is 0 Å². The van der Waals surface area contributed by atoms with Crippen LogP contribution in [0.1, 0.15) is 18.1 Å². The lowest BCUT2D eigenvalue weighted by Gasteiger charge is -2.02. The normalized spacial score (nSPS) is 12.9. The zero-order chi connectivity index (χ0) is 9.14. The fraction of sp³-hybridized carbons (Fsp3) is 0.400. The second-order valence-electron chi connectivity index (χ2n) is 2.96. The standard InChI is InChI=1S/C10H14OS/c1-4-12(11)10-6-8(2)5-9(3)7-10/h5-7H,4H2,1-3H3. The average Bonchev–Trinajstić information content (AvgIpc) is 2.01. The van der Waals surface area contributed by atoms with Gasteiger partial charge in [-0.25, -0.2) is 0 Å². The van der Waals surface area contributed by atoms with Crippen LogP contribution in [0.4, 0.5) is 0 Å². The third-order valence-corrected chi connectivity index (χ3v) is 3.01. The van der Waals surface area contributed by atoms with Gasteiger partial charge in [-0.1, -0.05) is 13.0 Å². The molecule has 0 aliphatic heterocycles. The zero-order valence-electron chi connectivity index (χ0n) is 7.76. The second kappa shape index (κ2) is 3.85. The Balaban J connectivity index is 3.08. The summed E-state index contributed by atoms with van der Waals surface area (Å²) >= 11 is 0. The zero-order valence-corrected chi connectivity index (χ0v) is 8.57. The molecule has 1 unspecified atom stereocenters. The van der Waals surface area contributed by atoms with Gasteiger partial charge in [0.2, 0.25) is 0 Å². The van der Waals surface area contributed by atoms with Gasteiger partial charge in [0.05, 0.1) is 10.8 Å². The highest BCUT2D eigenvalue weighted by Gasteiger charge is 2.01. The van der Waals surface area contributed by atoms with Crippen molar-refractivity contribution in [3.05, 3.63) is 29.3 Å². The van der Waals surface area contributed by atoms with E-state index in [0.717, 1.165) is 4.90 Å². The maximum Gasteiger partial charge on any atom is 0.0526 e. The molecule has 0 heterocycles. The van der Waals surface area contributed by atoms with Crippen LogP contribution in [-0.4, -0.2) is 9.96 Å². The van der Waals surface area contributed by atoms with E-state index in [1.807, 2.05) is 32.9 Å². The molecule has 0 spiro atoms. The predicted molar refractivity (Wildman–Crippen MR) is 52.9 cm³/mol. The molecule has 0 fully saturated rings. The number of hydrogen-bond acceptors (Lipinski definition) is 1. The summed E-state index contributed by atoms with van der Waals surface area (Å²) < 4.78 is 11.4. The molecule has 0 N–H and O–H groups in total. The largest absolute Gasteiger partial charge is 0.254 e. The Morgan fingerprint density at radius 2 is 1.67 bits per heavy atom.